The summed E-state index contributed by atoms with van der Waals surface area (Å²) in [6.45, 7) is 0. The molecule has 0 aliphatic rings. The lowest BCUT2D eigenvalue weighted by atomic mass is 10.0. The van der Waals surface area contributed by atoms with Crippen molar-refractivity contribution in [3.8, 4) is 12.1 Å². The highest BCUT2D eigenvalue weighted by molar-refractivity contribution is 5.43. The van der Waals surface area contributed by atoms with Crippen molar-refractivity contribution in [1.29, 1.82) is 10.5 Å². The maximum Gasteiger partial charge on any atom is 0.433 e. The molecule has 1 aromatic rings. The van der Waals surface area contributed by atoms with Crippen LogP contribution in [0.15, 0.2) is 6.07 Å². The number of alkyl halides is 6. The Balaban J connectivity index is 3.67. The van der Waals surface area contributed by atoms with Crippen LogP contribution in [0.25, 0.3) is 0 Å². The molecule has 0 amide bonds. The number of halogens is 6. The van der Waals surface area contributed by atoms with Crippen LogP contribution < -0.4 is 0 Å². The highest BCUT2D eigenvalue weighted by Gasteiger charge is 2.40. The number of pyridine rings is 1. The minimum atomic E-state index is -5.11. The Morgan fingerprint density at radius 3 is 2.00 bits per heavy atom. The molecule has 19 heavy (non-hydrogen) atoms. The van der Waals surface area contributed by atoms with Crippen LogP contribution in [-0.4, -0.2) is 4.98 Å². The normalized spacial score (nSPS) is 11.8. The summed E-state index contributed by atoms with van der Waals surface area (Å²) in [6, 6.07) is 2.30. The highest BCUT2D eigenvalue weighted by Crippen LogP contribution is 2.37. The number of nitriles is 2. The van der Waals surface area contributed by atoms with E-state index in [0.29, 0.717) is 0 Å². The summed E-state index contributed by atoms with van der Waals surface area (Å²) in [4.78, 5) is 2.82. The van der Waals surface area contributed by atoms with Crippen LogP contribution in [0.2, 0.25) is 0 Å². The number of hydrogen-bond donors (Lipinski definition) is 0. The monoisotopic (exact) mass is 279 g/mol. The van der Waals surface area contributed by atoms with Crippen LogP contribution in [0.5, 0.6) is 0 Å². The van der Waals surface area contributed by atoms with E-state index in [1.54, 1.807) is 0 Å². The molecule has 0 aliphatic carbocycles. The minimum Gasteiger partial charge on any atom is -0.232 e. The van der Waals surface area contributed by atoms with Gasteiger partial charge in [-0.1, -0.05) is 0 Å². The maximum atomic E-state index is 12.6. The second-order valence-electron chi connectivity index (χ2n) is 3.32. The second-order valence-corrected chi connectivity index (χ2v) is 3.32. The molecular weight excluding hydrogens is 276 g/mol. The van der Waals surface area contributed by atoms with Gasteiger partial charge in [0.2, 0.25) is 0 Å². The van der Waals surface area contributed by atoms with Crippen molar-refractivity contribution in [2.24, 2.45) is 0 Å². The van der Waals surface area contributed by atoms with Gasteiger partial charge in [0.25, 0.3) is 0 Å². The van der Waals surface area contributed by atoms with E-state index in [1.807, 2.05) is 0 Å². The quantitative estimate of drug-likeness (QED) is 0.742. The van der Waals surface area contributed by atoms with Crippen molar-refractivity contribution in [2.75, 3.05) is 0 Å². The van der Waals surface area contributed by atoms with E-state index in [0.717, 1.165) is 6.07 Å². The number of nitrogens with zero attached hydrogens (tertiary/aromatic N) is 3. The maximum absolute atomic E-state index is 12.6. The van der Waals surface area contributed by atoms with Crippen molar-refractivity contribution in [2.45, 2.75) is 18.8 Å². The van der Waals surface area contributed by atoms with Gasteiger partial charge >= 0.3 is 12.4 Å². The Hall–Kier alpha value is -2.29. The third-order valence-electron chi connectivity index (χ3n) is 2.08. The van der Waals surface area contributed by atoms with Gasteiger partial charge in [0.1, 0.15) is 17.5 Å². The van der Waals surface area contributed by atoms with Crippen molar-refractivity contribution in [3.63, 3.8) is 0 Å². The van der Waals surface area contributed by atoms with E-state index >= 15 is 0 Å². The van der Waals surface area contributed by atoms with Gasteiger partial charge in [-0.05, 0) is 6.07 Å². The zero-order chi connectivity index (χ0) is 14.8. The van der Waals surface area contributed by atoms with E-state index in [9.17, 15) is 26.3 Å². The summed E-state index contributed by atoms with van der Waals surface area (Å²) in [5, 5.41) is 17.0. The molecule has 0 aliphatic heterocycles. The molecule has 3 nitrogen and oxygen atoms in total. The minimum absolute atomic E-state index is 0.201. The van der Waals surface area contributed by atoms with Crippen molar-refractivity contribution < 1.29 is 26.3 Å². The molecule has 9 heteroatoms. The smallest absolute Gasteiger partial charge is 0.232 e. The summed E-state index contributed by atoms with van der Waals surface area (Å²) in [5.41, 5.74) is -5.40. The second kappa shape index (κ2) is 4.76. The predicted octanol–water partition coefficient (Wildman–Crippen LogP) is 3.06. The van der Waals surface area contributed by atoms with Gasteiger partial charge in [-0.3, -0.25) is 0 Å². The lowest BCUT2D eigenvalue weighted by Gasteiger charge is -2.15. The highest BCUT2D eigenvalue weighted by atomic mass is 19.4. The van der Waals surface area contributed by atoms with Gasteiger partial charge in [-0.2, -0.15) is 36.9 Å². The van der Waals surface area contributed by atoms with Gasteiger partial charge in [0.15, 0.2) is 0 Å². The fourth-order valence-electron chi connectivity index (χ4n) is 1.32. The Labute approximate surface area is 102 Å². The molecule has 0 N–H and O–H groups in total. The first-order chi connectivity index (χ1) is 8.61. The lowest BCUT2D eigenvalue weighted by molar-refractivity contribution is -0.145. The summed E-state index contributed by atoms with van der Waals surface area (Å²) >= 11 is 0. The third kappa shape index (κ3) is 3.13. The predicted molar refractivity (Wildman–Crippen MR) is 48.3 cm³/mol. The van der Waals surface area contributed by atoms with E-state index in [4.69, 9.17) is 10.5 Å². The van der Waals surface area contributed by atoms with E-state index in [1.165, 1.54) is 6.07 Å². The molecule has 0 fully saturated rings. The average Bonchev–Trinajstić information content (AvgIpc) is 2.26. The van der Waals surface area contributed by atoms with Gasteiger partial charge in [0.05, 0.1) is 18.1 Å². The Morgan fingerprint density at radius 1 is 1.05 bits per heavy atom. The van der Waals surface area contributed by atoms with Gasteiger partial charge in [0, 0.05) is 5.56 Å². The molecule has 0 spiro atoms. The van der Waals surface area contributed by atoms with Crippen LogP contribution >= 0.6 is 0 Å². The summed E-state index contributed by atoms with van der Waals surface area (Å²) in [5.74, 6) is 0. The molecule has 100 valence electrons. The van der Waals surface area contributed by atoms with E-state index in [-0.39, 0.29) is 6.07 Å². The fourth-order valence-corrected chi connectivity index (χ4v) is 1.32. The summed E-state index contributed by atoms with van der Waals surface area (Å²) in [6.07, 6.45) is -11.1. The molecular formula is C10H3F6N3. The third-order valence-corrected chi connectivity index (χ3v) is 2.08. The standard InChI is InChI=1S/C10H3F6N3/c11-9(12,13)6-3-8(10(14,15)16)19-7(4-18)5(6)1-2-17/h3H,1H2. The fraction of sp³-hybridized carbons (Fsp3) is 0.300. The van der Waals surface area contributed by atoms with Crippen LogP contribution in [-0.2, 0) is 18.8 Å². The summed E-state index contributed by atoms with van der Waals surface area (Å²) in [7, 11) is 0. The molecule has 0 aromatic carbocycles. The van der Waals surface area contributed by atoms with Crippen LogP contribution in [0.3, 0.4) is 0 Å². The molecule has 1 aromatic heterocycles. The van der Waals surface area contributed by atoms with Gasteiger partial charge in [-0.25, -0.2) is 4.98 Å². The molecule has 0 radical (unpaired) electrons. The zero-order valence-electron chi connectivity index (χ0n) is 8.89. The summed E-state index contributed by atoms with van der Waals surface area (Å²) < 4.78 is 75.1. The first-order valence-corrected chi connectivity index (χ1v) is 4.56. The number of rotatable bonds is 1. The number of aromatic nitrogens is 1. The van der Waals surface area contributed by atoms with Crippen LogP contribution in [0.1, 0.15) is 22.5 Å². The molecule has 1 rings (SSSR count). The van der Waals surface area contributed by atoms with E-state index in [2.05, 4.69) is 4.98 Å². The first kappa shape index (κ1) is 14.8. The largest absolute Gasteiger partial charge is 0.433 e. The first-order valence-electron chi connectivity index (χ1n) is 4.56. The van der Waals surface area contributed by atoms with E-state index < -0.39 is 41.3 Å². The topological polar surface area (TPSA) is 60.5 Å². The van der Waals surface area contributed by atoms with Crippen molar-refractivity contribution >= 4 is 0 Å². The lowest BCUT2D eigenvalue weighted by Crippen LogP contribution is -2.17. The zero-order valence-corrected chi connectivity index (χ0v) is 8.89. The Morgan fingerprint density at radius 2 is 1.63 bits per heavy atom. The van der Waals surface area contributed by atoms with Crippen molar-refractivity contribution in [3.05, 3.63) is 28.6 Å². The average molecular weight is 279 g/mol. The van der Waals surface area contributed by atoms with Gasteiger partial charge in [-0.15, -0.1) is 0 Å². The van der Waals surface area contributed by atoms with Crippen LogP contribution in [0, 0.1) is 22.7 Å². The van der Waals surface area contributed by atoms with Gasteiger partial charge < -0.3 is 0 Å². The molecule has 0 unspecified atom stereocenters. The molecule has 0 saturated carbocycles. The Bertz CT molecular complexity index is 573. The molecule has 0 saturated heterocycles. The number of hydrogen-bond acceptors (Lipinski definition) is 3. The van der Waals surface area contributed by atoms with Crippen molar-refractivity contribution in [1.82, 2.24) is 4.98 Å². The molecule has 1 heterocycles. The van der Waals surface area contributed by atoms with Crippen LogP contribution in [0.4, 0.5) is 26.3 Å². The Kier molecular flexibility index (Phi) is 3.70. The SMILES string of the molecule is N#CCc1c(C(F)(F)F)cc(C(F)(F)F)nc1C#N. The molecule has 0 bridgehead atoms. The molecule has 0 atom stereocenters.